The molecule has 1 spiro atoms. The maximum Gasteiger partial charge on any atom is 0.224 e. The summed E-state index contributed by atoms with van der Waals surface area (Å²) in [5.74, 6) is 0.00377. The van der Waals surface area contributed by atoms with Crippen molar-refractivity contribution in [3.8, 4) is 0 Å². The van der Waals surface area contributed by atoms with E-state index in [4.69, 9.17) is 17.3 Å². The third-order valence-electron chi connectivity index (χ3n) is 4.36. The van der Waals surface area contributed by atoms with Crippen molar-refractivity contribution < 1.29 is 8.42 Å². The first kappa shape index (κ1) is 13.4. The summed E-state index contributed by atoms with van der Waals surface area (Å²) in [5, 5.41) is 0.584. The van der Waals surface area contributed by atoms with E-state index in [0.717, 1.165) is 11.1 Å². The summed E-state index contributed by atoms with van der Waals surface area (Å²) in [4.78, 5) is 0. The molecule has 1 aromatic rings. The monoisotopic (exact) mass is 300 g/mol. The number of benzene rings is 1. The molecule has 0 amide bonds. The largest absolute Gasteiger partial charge is 0.330 e. The minimum Gasteiger partial charge on any atom is -0.330 e. The number of halogens is 1. The first-order valence-corrected chi connectivity index (χ1v) is 8.28. The summed E-state index contributed by atoms with van der Waals surface area (Å²) in [6.07, 6.45) is 0.607. The zero-order chi connectivity index (χ0) is 13.8. The second kappa shape index (κ2) is 4.19. The minimum absolute atomic E-state index is 0.00377. The van der Waals surface area contributed by atoms with Gasteiger partial charge in [0.15, 0.2) is 0 Å². The standard InChI is InChI=1S/C13H17ClN2O2S/c1-2-16-8-9-3-4-11(14)5-12(9)13(19(16,17)18)6-10(13)7-15/h3-5,10H,2,6-8,15H2,1H3. The molecule has 19 heavy (non-hydrogen) atoms. The number of fused-ring (bicyclic) bond motifs is 2. The molecule has 2 atom stereocenters. The maximum atomic E-state index is 12.8. The molecule has 1 heterocycles. The number of sulfonamides is 1. The first-order valence-electron chi connectivity index (χ1n) is 6.46. The van der Waals surface area contributed by atoms with Gasteiger partial charge in [-0.3, -0.25) is 0 Å². The highest BCUT2D eigenvalue weighted by atomic mass is 35.5. The summed E-state index contributed by atoms with van der Waals surface area (Å²) in [6.45, 7) is 3.18. The Balaban J connectivity index is 2.23. The van der Waals surface area contributed by atoms with Gasteiger partial charge in [-0.2, -0.15) is 4.31 Å². The van der Waals surface area contributed by atoms with E-state index in [1.165, 1.54) is 0 Å². The third-order valence-corrected chi connectivity index (χ3v) is 7.30. The number of rotatable bonds is 2. The molecule has 1 aliphatic heterocycles. The van der Waals surface area contributed by atoms with E-state index in [1.807, 2.05) is 19.1 Å². The van der Waals surface area contributed by atoms with Gasteiger partial charge in [-0.25, -0.2) is 8.42 Å². The Morgan fingerprint density at radius 2 is 2.26 bits per heavy atom. The number of nitrogens with two attached hydrogens (primary N) is 1. The molecule has 0 saturated heterocycles. The van der Waals surface area contributed by atoms with Crippen molar-refractivity contribution in [1.82, 2.24) is 4.31 Å². The minimum atomic E-state index is -3.34. The fourth-order valence-electron chi connectivity index (χ4n) is 3.23. The Morgan fingerprint density at radius 3 is 2.84 bits per heavy atom. The quantitative estimate of drug-likeness (QED) is 0.904. The second-order valence-electron chi connectivity index (χ2n) is 5.26. The lowest BCUT2D eigenvalue weighted by Gasteiger charge is -2.35. The smallest absolute Gasteiger partial charge is 0.224 e. The molecule has 4 nitrogen and oxygen atoms in total. The summed E-state index contributed by atoms with van der Waals surface area (Å²) < 4.78 is 26.3. The fourth-order valence-corrected chi connectivity index (χ4v) is 5.91. The van der Waals surface area contributed by atoms with Gasteiger partial charge in [-0.1, -0.05) is 24.6 Å². The molecular weight excluding hydrogens is 284 g/mol. The van der Waals surface area contributed by atoms with E-state index in [9.17, 15) is 8.42 Å². The van der Waals surface area contributed by atoms with Crippen LogP contribution >= 0.6 is 11.6 Å². The van der Waals surface area contributed by atoms with Gasteiger partial charge in [-0.05, 0) is 42.1 Å². The molecule has 1 aromatic carbocycles. The summed E-state index contributed by atoms with van der Waals surface area (Å²) in [6, 6.07) is 5.56. The van der Waals surface area contributed by atoms with Crippen LogP contribution in [-0.2, 0) is 21.3 Å². The van der Waals surface area contributed by atoms with Gasteiger partial charge < -0.3 is 5.73 Å². The van der Waals surface area contributed by atoms with Crippen LogP contribution in [0.5, 0.6) is 0 Å². The van der Waals surface area contributed by atoms with Crippen LogP contribution < -0.4 is 5.73 Å². The average Bonchev–Trinajstić information content (AvgIpc) is 3.11. The van der Waals surface area contributed by atoms with Crippen molar-refractivity contribution in [2.75, 3.05) is 13.1 Å². The summed E-state index contributed by atoms with van der Waals surface area (Å²) >= 11 is 6.05. The molecule has 2 N–H and O–H groups in total. The van der Waals surface area contributed by atoms with Crippen LogP contribution in [0.2, 0.25) is 5.02 Å². The molecule has 2 aliphatic rings. The van der Waals surface area contributed by atoms with Gasteiger partial charge in [0.25, 0.3) is 0 Å². The van der Waals surface area contributed by atoms with Crippen molar-refractivity contribution in [3.05, 3.63) is 34.3 Å². The van der Waals surface area contributed by atoms with Crippen LogP contribution in [-0.4, -0.2) is 25.8 Å². The highest BCUT2D eigenvalue weighted by molar-refractivity contribution is 7.90. The van der Waals surface area contributed by atoms with Gasteiger partial charge in [0.1, 0.15) is 4.75 Å². The second-order valence-corrected chi connectivity index (χ2v) is 7.89. The van der Waals surface area contributed by atoms with Crippen LogP contribution in [0.15, 0.2) is 18.2 Å². The average molecular weight is 301 g/mol. The fraction of sp³-hybridized carbons (Fsp3) is 0.538. The lowest BCUT2D eigenvalue weighted by molar-refractivity contribution is 0.394. The highest BCUT2D eigenvalue weighted by Gasteiger charge is 2.67. The van der Waals surface area contributed by atoms with Crippen molar-refractivity contribution in [1.29, 1.82) is 0 Å². The normalized spacial score (nSPS) is 32.3. The molecule has 1 fully saturated rings. The predicted molar refractivity (Wildman–Crippen MR) is 75.3 cm³/mol. The van der Waals surface area contributed by atoms with E-state index >= 15 is 0 Å². The van der Waals surface area contributed by atoms with Gasteiger partial charge in [0, 0.05) is 18.1 Å². The Kier molecular flexibility index (Phi) is 2.94. The number of hydrogen-bond acceptors (Lipinski definition) is 3. The highest BCUT2D eigenvalue weighted by Crippen LogP contribution is 2.61. The van der Waals surface area contributed by atoms with Crippen LogP contribution in [0, 0.1) is 5.92 Å². The zero-order valence-corrected chi connectivity index (χ0v) is 12.3. The molecule has 0 radical (unpaired) electrons. The SMILES string of the molecule is CCN1Cc2ccc(Cl)cc2C2(CC2CN)S1(=O)=O. The number of nitrogens with zero attached hydrogens (tertiary/aromatic N) is 1. The Morgan fingerprint density at radius 1 is 1.53 bits per heavy atom. The van der Waals surface area contributed by atoms with E-state index in [1.54, 1.807) is 10.4 Å². The topological polar surface area (TPSA) is 63.4 Å². The van der Waals surface area contributed by atoms with Crippen LogP contribution in [0.3, 0.4) is 0 Å². The van der Waals surface area contributed by atoms with Gasteiger partial charge in [0.05, 0.1) is 0 Å². The summed E-state index contributed by atoms with van der Waals surface area (Å²) in [7, 11) is -3.34. The molecule has 3 rings (SSSR count). The first-order chi connectivity index (χ1) is 8.97. The third kappa shape index (κ3) is 1.62. The van der Waals surface area contributed by atoms with Gasteiger partial charge in [0.2, 0.25) is 10.0 Å². The molecule has 2 unspecified atom stereocenters. The Bertz CT molecular complexity index is 632. The van der Waals surface area contributed by atoms with E-state index in [2.05, 4.69) is 0 Å². The predicted octanol–water partition coefficient (Wildman–Crippen LogP) is 1.68. The lowest BCUT2D eigenvalue weighted by atomic mass is 10.0. The zero-order valence-electron chi connectivity index (χ0n) is 10.8. The Hall–Kier alpha value is -0.620. The molecule has 1 aliphatic carbocycles. The van der Waals surface area contributed by atoms with Crippen LogP contribution in [0.4, 0.5) is 0 Å². The molecule has 104 valence electrons. The Labute approximate surface area is 118 Å². The molecule has 1 saturated carbocycles. The van der Waals surface area contributed by atoms with Crippen molar-refractivity contribution in [2.24, 2.45) is 11.7 Å². The van der Waals surface area contributed by atoms with E-state index in [0.29, 0.717) is 31.1 Å². The number of hydrogen-bond donors (Lipinski definition) is 1. The van der Waals surface area contributed by atoms with Crippen molar-refractivity contribution in [2.45, 2.75) is 24.6 Å². The van der Waals surface area contributed by atoms with Gasteiger partial charge >= 0.3 is 0 Å². The van der Waals surface area contributed by atoms with Crippen LogP contribution in [0.25, 0.3) is 0 Å². The van der Waals surface area contributed by atoms with Crippen LogP contribution in [0.1, 0.15) is 24.5 Å². The lowest BCUT2D eigenvalue weighted by Crippen LogP contribution is -2.44. The molecule has 0 aromatic heterocycles. The van der Waals surface area contributed by atoms with E-state index in [-0.39, 0.29) is 5.92 Å². The molecule has 0 bridgehead atoms. The van der Waals surface area contributed by atoms with Crippen molar-refractivity contribution >= 4 is 21.6 Å². The maximum absolute atomic E-state index is 12.8. The van der Waals surface area contributed by atoms with E-state index < -0.39 is 14.8 Å². The van der Waals surface area contributed by atoms with Gasteiger partial charge in [-0.15, -0.1) is 0 Å². The summed E-state index contributed by atoms with van der Waals surface area (Å²) in [5.41, 5.74) is 7.64. The van der Waals surface area contributed by atoms with Crippen molar-refractivity contribution in [3.63, 3.8) is 0 Å². The molecular formula is C13H17ClN2O2S. The molecule has 6 heteroatoms.